The Morgan fingerprint density at radius 2 is 1.74 bits per heavy atom. The predicted molar refractivity (Wildman–Crippen MR) is 120 cm³/mol. The molecule has 0 radical (unpaired) electrons. The van der Waals surface area contributed by atoms with Crippen LogP contribution in [0.2, 0.25) is 0 Å². The van der Waals surface area contributed by atoms with Crippen molar-refractivity contribution in [3.8, 4) is 0 Å². The van der Waals surface area contributed by atoms with E-state index in [1.165, 1.54) is 19.3 Å². The number of nitrogens with zero attached hydrogens (tertiary/aromatic N) is 1. The van der Waals surface area contributed by atoms with Crippen molar-refractivity contribution in [1.82, 2.24) is 10.2 Å². The Morgan fingerprint density at radius 1 is 1.06 bits per heavy atom. The molecule has 1 N–H and O–H groups in total. The minimum Gasteiger partial charge on any atom is -0.464 e. The highest BCUT2D eigenvalue weighted by molar-refractivity contribution is 5.90. The summed E-state index contributed by atoms with van der Waals surface area (Å²) in [6.45, 7) is 9.57. The Morgan fingerprint density at radius 3 is 2.42 bits per heavy atom. The fraction of sp³-hybridized carbons (Fsp3) is 0.875. The third-order valence-corrected chi connectivity index (χ3v) is 6.21. The van der Waals surface area contributed by atoms with E-state index >= 15 is 0 Å². The molecule has 2 rings (SSSR count). The molecule has 1 saturated carbocycles. The molecule has 4 atom stereocenters. The topological polar surface area (TPSA) is 84.9 Å². The number of ether oxygens (including phenoxy) is 2. The summed E-state index contributed by atoms with van der Waals surface area (Å²) in [6, 6.07) is -1.25. The molecule has 0 bridgehead atoms. The molecule has 31 heavy (non-hydrogen) atoms. The Bertz CT molecular complexity index is 616. The van der Waals surface area contributed by atoms with Crippen LogP contribution in [0.1, 0.15) is 98.8 Å². The van der Waals surface area contributed by atoms with Gasteiger partial charge in [0.15, 0.2) is 0 Å². The largest absolute Gasteiger partial charge is 0.464 e. The van der Waals surface area contributed by atoms with Gasteiger partial charge < -0.3 is 19.7 Å². The van der Waals surface area contributed by atoms with Crippen LogP contribution in [0.15, 0.2) is 0 Å². The minimum absolute atomic E-state index is 0.0574. The number of unbranched alkanes of at least 4 members (excludes halogenated alkanes) is 5. The maximum absolute atomic E-state index is 13.2. The van der Waals surface area contributed by atoms with E-state index in [0.29, 0.717) is 18.9 Å². The quantitative estimate of drug-likeness (QED) is 0.399. The van der Waals surface area contributed by atoms with Crippen LogP contribution >= 0.6 is 0 Å². The number of amides is 2. The first-order valence-electron chi connectivity index (χ1n) is 12.1. The van der Waals surface area contributed by atoms with Crippen LogP contribution in [-0.4, -0.2) is 53.2 Å². The molecule has 1 aliphatic carbocycles. The van der Waals surface area contributed by atoms with Crippen LogP contribution in [-0.2, 0) is 19.1 Å². The van der Waals surface area contributed by atoms with Crippen LogP contribution in [0.5, 0.6) is 0 Å². The van der Waals surface area contributed by atoms with E-state index < -0.39 is 23.8 Å². The van der Waals surface area contributed by atoms with E-state index in [0.717, 1.165) is 38.5 Å². The van der Waals surface area contributed by atoms with Gasteiger partial charge in [-0.1, -0.05) is 45.4 Å². The number of hydrogen-bond donors (Lipinski definition) is 1. The number of rotatable bonds is 10. The van der Waals surface area contributed by atoms with E-state index in [2.05, 4.69) is 12.2 Å². The molecule has 0 aromatic heterocycles. The average molecular weight is 439 g/mol. The highest BCUT2D eigenvalue weighted by atomic mass is 16.6. The highest BCUT2D eigenvalue weighted by Crippen LogP contribution is 2.42. The zero-order chi connectivity index (χ0) is 23.0. The van der Waals surface area contributed by atoms with Gasteiger partial charge in [0.25, 0.3) is 0 Å². The summed E-state index contributed by atoms with van der Waals surface area (Å²) in [7, 11) is 0. The molecule has 0 spiro atoms. The molecule has 1 aliphatic heterocycles. The third-order valence-electron chi connectivity index (χ3n) is 6.21. The second kappa shape index (κ2) is 11.7. The molecule has 1 saturated heterocycles. The number of likely N-dealkylation sites (tertiary alicyclic amines) is 1. The van der Waals surface area contributed by atoms with Gasteiger partial charge in [-0.3, -0.25) is 4.79 Å². The summed E-state index contributed by atoms with van der Waals surface area (Å²) in [6.07, 6.45) is 9.79. The van der Waals surface area contributed by atoms with Gasteiger partial charge in [0.1, 0.15) is 17.7 Å². The number of esters is 1. The molecule has 178 valence electrons. The first kappa shape index (κ1) is 25.5. The van der Waals surface area contributed by atoms with Gasteiger partial charge in [0.05, 0.1) is 6.61 Å². The number of alkyl carbamates (subject to hydrolysis) is 1. The van der Waals surface area contributed by atoms with E-state index in [1.807, 2.05) is 0 Å². The molecule has 0 aromatic rings. The van der Waals surface area contributed by atoms with E-state index in [-0.39, 0.29) is 17.9 Å². The lowest BCUT2D eigenvalue weighted by Gasteiger charge is -2.31. The zero-order valence-corrected chi connectivity index (χ0v) is 20.1. The van der Waals surface area contributed by atoms with Crippen LogP contribution < -0.4 is 5.32 Å². The summed E-state index contributed by atoms with van der Waals surface area (Å²) in [5, 5.41) is 2.62. The standard InChI is InChI=1S/C24H42N2O5/c1-6-7-8-9-10-11-15-30-22(28)20-16-18-13-12-14-19(18)26(20)21(27)17(2)25-23(29)31-24(3,4)5/h17-20H,6-16H2,1-5H3,(H,25,29)/t17-,18-,19-,20-/m0/s1. The lowest BCUT2D eigenvalue weighted by molar-refractivity contribution is -0.155. The van der Waals surface area contributed by atoms with Gasteiger partial charge in [-0.25, -0.2) is 9.59 Å². The molecular formula is C24H42N2O5. The summed E-state index contributed by atoms with van der Waals surface area (Å²) < 4.78 is 10.8. The third kappa shape index (κ3) is 7.69. The number of nitrogens with one attached hydrogen (secondary N) is 1. The van der Waals surface area contributed by atoms with Crippen molar-refractivity contribution in [2.24, 2.45) is 5.92 Å². The smallest absolute Gasteiger partial charge is 0.408 e. The van der Waals surface area contributed by atoms with Crippen molar-refractivity contribution in [2.75, 3.05) is 6.61 Å². The fourth-order valence-electron chi connectivity index (χ4n) is 4.74. The Balaban J connectivity index is 1.91. The predicted octanol–water partition coefficient (Wildman–Crippen LogP) is 4.57. The van der Waals surface area contributed by atoms with E-state index in [9.17, 15) is 14.4 Å². The minimum atomic E-state index is -0.761. The zero-order valence-electron chi connectivity index (χ0n) is 20.1. The normalized spacial score (nSPS) is 23.9. The van der Waals surface area contributed by atoms with Gasteiger partial charge in [-0.15, -0.1) is 0 Å². The van der Waals surface area contributed by atoms with Gasteiger partial charge in [0, 0.05) is 6.04 Å². The fourth-order valence-corrected chi connectivity index (χ4v) is 4.74. The van der Waals surface area contributed by atoms with Crippen LogP contribution in [0.25, 0.3) is 0 Å². The molecular weight excluding hydrogens is 396 g/mol. The molecule has 2 amide bonds. The summed E-state index contributed by atoms with van der Waals surface area (Å²) >= 11 is 0. The van der Waals surface area contributed by atoms with Crippen molar-refractivity contribution in [3.63, 3.8) is 0 Å². The van der Waals surface area contributed by atoms with Crippen LogP contribution in [0.4, 0.5) is 4.79 Å². The summed E-state index contributed by atoms with van der Waals surface area (Å²) in [5.74, 6) is -0.202. The second-order valence-corrected chi connectivity index (χ2v) is 10.1. The lowest BCUT2D eigenvalue weighted by atomic mass is 10.0. The number of hydrogen-bond acceptors (Lipinski definition) is 5. The maximum Gasteiger partial charge on any atom is 0.408 e. The maximum atomic E-state index is 13.2. The van der Waals surface area contributed by atoms with E-state index in [4.69, 9.17) is 9.47 Å². The van der Waals surface area contributed by atoms with Crippen LogP contribution in [0.3, 0.4) is 0 Å². The number of fused-ring (bicyclic) bond motifs is 1. The monoisotopic (exact) mass is 438 g/mol. The summed E-state index contributed by atoms with van der Waals surface area (Å²) in [4.78, 5) is 39.9. The van der Waals surface area contributed by atoms with E-state index in [1.54, 1.807) is 32.6 Å². The molecule has 0 aromatic carbocycles. The van der Waals surface area contributed by atoms with Crippen molar-refractivity contribution in [2.45, 2.75) is 123 Å². The molecule has 1 heterocycles. The Hall–Kier alpha value is -1.79. The highest BCUT2D eigenvalue weighted by Gasteiger charge is 2.50. The second-order valence-electron chi connectivity index (χ2n) is 10.1. The van der Waals surface area contributed by atoms with Gasteiger partial charge >= 0.3 is 12.1 Å². The SMILES string of the molecule is CCCCCCCCOC(=O)[C@@H]1C[C@@H]2CCC[C@@H]2N1C(=O)[C@H](C)NC(=O)OC(C)(C)C. The average Bonchev–Trinajstić information content (AvgIpc) is 3.26. The first-order valence-corrected chi connectivity index (χ1v) is 12.1. The van der Waals surface area contributed by atoms with Crippen LogP contribution in [0, 0.1) is 5.92 Å². The van der Waals surface area contributed by atoms with Gasteiger partial charge in [0.2, 0.25) is 5.91 Å². The molecule has 7 heteroatoms. The Kier molecular flexibility index (Phi) is 9.63. The summed E-state index contributed by atoms with van der Waals surface area (Å²) in [5.41, 5.74) is -0.639. The van der Waals surface area contributed by atoms with Gasteiger partial charge in [-0.05, 0) is 59.3 Å². The first-order chi connectivity index (χ1) is 14.6. The lowest BCUT2D eigenvalue weighted by Crippen LogP contribution is -2.53. The number of carbonyl (C=O) groups is 3. The molecule has 2 aliphatic rings. The van der Waals surface area contributed by atoms with Crippen molar-refractivity contribution < 1.29 is 23.9 Å². The molecule has 7 nitrogen and oxygen atoms in total. The molecule has 0 unspecified atom stereocenters. The van der Waals surface area contributed by atoms with Crippen molar-refractivity contribution in [3.05, 3.63) is 0 Å². The molecule has 2 fully saturated rings. The van der Waals surface area contributed by atoms with Gasteiger partial charge in [-0.2, -0.15) is 0 Å². The van der Waals surface area contributed by atoms with Crippen molar-refractivity contribution in [1.29, 1.82) is 0 Å². The number of carbonyl (C=O) groups excluding carboxylic acids is 3. The van der Waals surface area contributed by atoms with Crippen molar-refractivity contribution >= 4 is 18.0 Å². The Labute approximate surface area is 187 Å².